The Kier molecular flexibility index (Phi) is 3.87. The molecule has 0 heterocycles. The van der Waals surface area contributed by atoms with Crippen LogP contribution in [0.5, 0.6) is 5.75 Å². The van der Waals surface area contributed by atoms with Crippen molar-refractivity contribution in [1.29, 1.82) is 0 Å². The number of thioether (sulfide) groups is 1. The Morgan fingerprint density at radius 1 is 1.14 bits per heavy atom. The zero-order valence-electron chi connectivity index (χ0n) is 9.55. The zero-order valence-corrected chi connectivity index (χ0v) is 10.4. The molecule has 0 amide bonds. The molecule has 0 aliphatic carbocycles. The molecule has 14 heavy (non-hydrogen) atoms. The highest BCUT2D eigenvalue weighted by Crippen LogP contribution is 2.29. The highest BCUT2D eigenvalue weighted by atomic mass is 32.2. The molecule has 0 N–H and O–H groups in total. The maximum Gasteiger partial charge on any atom is 0.122 e. The van der Waals surface area contributed by atoms with Gasteiger partial charge in [0.2, 0.25) is 0 Å². The van der Waals surface area contributed by atoms with Gasteiger partial charge in [-0.15, -0.1) is 11.8 Å². The molecular formula is C12H18OS. The summed E-state index contributed by atoms with van der Waals surface area (Å²) in [7, 11) is 0. The van der Waals surface area contributed by atoms with E-state index in [0.29, 0.717) is 0 Å². The minimum Gasteiger partial charge on any atom is -0.491 e. The fourth-order valence-electron chi connectivity index (χ4n) is 1.37. The van der Waals surface area contributed by atoms with Crippen LogP contribution >= 0.6 is 11.8 Å². The van der Waals surface area contributed by atoms with Gasteiger partial charge in [-0.25, -0.2) is 0 Å². The lowest BCUT2D eigenvalue weighted by Crippen LogP contribution is -2.07. The standard InChI is InChI=1S/C12H18OS/c1-8(2)13-11-6-7-12(14-5)10(4)9(11)3/h6-8H,1-5H3. The van der Waals surface area contributed by atoms with Crippen molar-refractivity contribution in [3.63, 3.8) is 0 Å². The Labute approximate surface area is 90.9 Å². The molecular weight excluding hydrogens is 192 g/mol. The third-order valence-electron chi connectivity index (χ3n) is 2.27. The van der Waals surface area contributed by atoms with Crippen molar-refractivity contribution in [2.24, 2.45) is 0 Å². The third kappa shape index (κ3) is 2.44. The van der Waals surface area contributed by atoms with E-state index in [1.165, 1.54) is 16.0 Å². The summed E-state index contributed by atoms with van der Waals surface area (Å²) >= 11 is 1.78. The fourth-order valence-corrected chi connectivity index (χ4v) is 2.04. The first-order valence-corrected chi connectivity index (χ1v) is 6.09. The molecule has 0 radical (unpaired) electrons. The smallest absolute Gasteiger partial charge is 0.122 e. The van der Waals surface area contributed by atoms with Gasteiger partial charge in [-0.05, 0) is 57.2 Å². The summed E-state index contributed by atoms with van der Waals surface area (Å²) in [6.45, 7) is 8.37. The van der Waals surface area contributed by atoms with Crippen LogP contribution in [0, 0.1) is 13.8 Å². The average Bonchev–Trinajstić information content (AvgIpc) is 2.13. The molecule has 0 aromatic heterocycles. The largest absolute Gasteiger partial charge is 0.491 e. The monoisotopic (exact) mass is 210 g/mol. The highest BCUT2D eigenvalue weighted by molar-refractivity contribution is 7.98. The van der Waals surface area contributed by atoms with E-state index in [4.69, 9.17) is 4.74 Å². The molecule has 0 unspecified atom stereocenters. The van der Waals surface area contributed by atoms with Crippen LogP contribution in [0.25, 0.3) is 0 Å². The highest BCUT2D eigenvalue weighted by Gasteiger charge is 2.07. The van der Waals surface area contributed by atoms with Gasteiger partial charge in [0.1, 0.15) is 5.75 Å². The quantitative estimate of drug-likeness (QED) is 0.702. The van der Waals surface area contributed by atoms with Crippen LogP contribution < -0.4 is 4.74 Å². The maximum absolute atomic E-state index is 5.72. The van der Waals surface area contributed by atoms with Crippen LogP contribution in [0.4, 0.5) is 0 Å². The van der Waals surface area contributed by atoms with Gasteiger partial charge in [-0.2, -0.15) is 0 Å². The fraction of sp³-hybridized carbons (Fsp3) is 0.500. The van der Waals surface area contributed by atoms with E-state index in [1.54, 1.807) is 11.8 Å². The predicted octanol–water partition coefficient (Wildman–Crippen LogP) is 3.81. The Bertz CT molecular complexity index is 318. The summed E-state index contributed by atoms with van der Waals surface area (Å²) in [5.74, 6) is 1.01. The third-order valence-corrected chi connectivity index (χ3v) is 3.15. The van der Waals surface area contributed by atoms with Gasteiger partial charge in [0.05, 0.1) is 6.10 Å². The van der Waals surface area contributed by atoms with E-state index in [2.05, 4.69) is 46.1 Å². The second kappa shape index (κ2) is 4.74. The normalized spacial score (nSPS) is 10.7. The molecule has 0 saturated heterocycles. The average molecular weight is 210 g/mol. The topological polar surface area (TPSA) is 9.23 Å². The first kappa shape index (κ1) is 11.4. The summed E-state index contributed by atoms with van der Waals surface area (Å²) in [6.07, 6.45) is 2.35. The molecule has 0 fully saturated rings. The van der Waals surface area contributed by atoms with Gasteiger partial charge in [-0.1, -0.05) is 0 Å². The van der Waals surface area contributed by atoms with Gasteiger partial charge in [-0.3, -0.25) is 0 Å². The Morgan fingerprint density at radius 2 is 1.79 bits per heavy atom. The molecule has 2 heteroatoms. The van der Waals surface area contributed by atoms with Crippen molar-refractivity contribution in [1.82, 2.24) is 0 Å². The van der Waals surface area contributed by atoms with Crippen LogP contribution in [-0.2, 0) is 0 Å². The van der Waals surface area contributed by atoms with Crippen molar-refractivity contribution in [2.45, 2.75) is 38.7 Å². The molecule has 0 saturated carbocycles. The lowest BCUT2D eigenvalue weighted by molar-refractivity contribution is 0.240. The van der Waals surface area contributed by atoms with Crippen molar-refractivity contribution >= 4 is 11.8 Å². The summed E-state index contributed by atoms with van der Waals surface area (Å²) in [6, 6.07) is 4.19. The van der Waals surface area contributed by atoms with E-state index in [1.807, 2.05) is 0 Å². The number of rotatable bonds is 3. The van der Waals surface area contributed by atoms with Gasteiger partial charge >= 0.3 is 0 Å². The molecule has 0 aliphatic heterocycles. The van der Waals surface area contributed by atoms with Crippen molar-refractivity contribution < 1.29 is 4.74 Å². The van der Waals surface area contributed by atoms with Crippen molar-refractivity contribution in [2.75, 3.05) is 6.26 Å². The van der Waals surface area contributed by atoms with Gasteiger partial charge in [0.25, 0.3) is 0 Å². The van der Waals surface area contributed by atoms with Crippen molar-refractivity contribution in [3.8, 4) is 5.75 Å². The predicted molar refractivity (Wildman–Crippen MR) is 63.5 cm³/mol. The molecule has 0 spiro atoms. The lowest BCUT2D eigenvalue weighted by Gasteiger charge is -2.15. The Hall–Kier alpha value is -0.630. The van der Waals surface area contributed by atoms with Crippen LogP contribution in [0.3, 0.4) is 0 Å². The molecule has 1 aromatic carbocycles. The number of hydrogen-bond donors (Lipinski definition) is 0. The Balaban J connectivity index is 3.04. The van der Waals surface area contributed by atoms with Crippen LogP contribution in [0.2, 0.25) is 0 Å². The molecule has 0 bridgehead atoms. The minimum absolute atomic E-state index is 0.244. The van der Waals surface area contributed by atoms with E-state index >= 15 is 0 Å². The molecule has 1 nitrogen and oxygen atoms in total. The first-order valence-electron chi connectivity index (χ1n) is 4.87. The summed E-state index contributed by atoms with van der Waals surface area (Å²) in [5.41, 5.74) is 2.58. The number of hydrogen-bond acceptors (Lipinski definition) is 2. The second-order valence-corrected chi connectivity index (χ2v) is 4.53. The van der Waals surface area contributed by atoms with E-state index < -0.39 is 0 Å². The van der Waals surface area contributed by atoms with Crippen molar-refractivity contribution in [3.05, 3.63) is 23.3 Å². The van der Waals surface area contributed by atoms with Crippen LogP contribution in [0.15, 0.2) is 17.0 Å². The van der Waals surface area contributed by atoms with Gasteiger partial charge in [0.15, 0.2) is 0 Å². The Morgan fingerprint density at radius 3 is 2.29 bits per heavy atom. The maximum atomic E-state index is 5.72. The van der Waals surface area contributed by atoms with Crippen LogP contribution in [0.1, 0.15) is 25.0 Å². The zero-order chi connectivity index (χ0) is 10.7. The number of benzene rings is 1. The summed E-state index contributed by atoms with van der Waals surface area (Å²) < 4.78 is 5.72. The van der Waals surface area contributed by atoms with E-state index in [9.17, 15) is 0 Å². The molecule has 0 atom stereocenters. The molecule has 0 aliphatic rings. The second-order valence-electron chi connectivity index (χ2n) is 3.68. The summed E-state index contributed by atoms with van der Waals surface area (Å²) in [4.78, 5) is 1.33. The number of ether oxygens (including phenoxy) is 1. The lowest BCUT2D eigenvalue weighted by atomic mass is 10.1. The molecule has 1 rings (SSSR count). The SMILES string of the molecule is CSc1ccc(OC(C)C)c(C)c1C. The van der Waals surface area contributed by atoms with E-state index in [-0.39, 0.29) is 6.10 Å². The first-order chi connectivity index (χ1) is 6.56. The molecule has 78 valence electrons. The molecule has 1 aromatic rings. The summed E-state index contributed by atoms with van der Waals surface area (Å²) in [5, 5.41) is 0. The van der Waals surface area contributed by atoms with Crippen LogP contribution in [-0.4, -0.2) is 12.4 Å². The van der Waals surface area contributed by atoms with Gasteiger partial charge in [0, 0.05) is 4.90 Å². The van der Waals surface area contributed by atoms with Gasteiger partial charge < -0.3 is 4.74 Å². The van der Waals surface area contributed by atoms with E-state index in [0.717, 1.165) is 5.75 Å². The minimum atomic E-state index is 0.244.